The molecule has 0 aromatic heterocycles. The molecule has 2 aromatic carbocycles. The number of fused-ring (bicyclic) bond motifs is 1. The van der Waals surface area contributed by atoms with Crippen LogP contribution < -0.4 is 14.4 Å². The zero-order chi connectivity index (χ0) is 26.7. The van der Waals surface area contributed by atoms with Gasteiger partial charge in [-0.3, -0.25) is 19.4 Å². The van der Waals surface area contributed by atoms with Crippen LogP contribution in [-0.2, 0) is 0 Å². The van der Waals surface area contributed by atoms with Gasteiger partial charge in [0.2, 0.25) is 0 Å². The van der Waals surface area contributed by atoms with Crippen LogP contribution in [0.3, 0.4) is 0 Å². The Labute approximate surface area is 213 Å². The van der Waals surface area contributed by atoms with Crippen molar-refractivity contribution < 1.29 is 32.2 Å². The number of carbonyl (C=O) groups excluding carboxylic acids is 2. The molecule has 1 atom stereocenters. The van der Waals surface area contributed by atoms with E-state index < -0.39 is 30.6 Å². The van der Waals surface area contributed by atoms with Crippen molar-refractivity contribution in [1.82, 2.24) is 9.80 Å². The average Bonchev–Trinajstić information content (AvgIpc) is 3.13. The van der Waals surface area contributed by atoms with Crippen molar-refractivity contribution in [2.24, 2.45) is 0 Å². The van der Waals surface area contributed by atoms with E-state index in [0.717, 1.165) is 0 Å². The van der Waals surface area contributed by atoms with Gasteiger partial charge in [-0.15, -0.1) is 0 Å². The second-order valence-electron chi connectivity index (χ2n) is 9.08. The molecule has 0 aliphatic carbocycles. The monoisotopic (exact) mass is 519 g/mol. The van der Waals surface area contributed by atoms with Gasteiger partial charge in [-0.1, -0.05) is 18.6 Å². The van der Waals surface area contributed by atoms with Gasteiger partial charge in [0, 0.05) is 26.2 Å². The molecule has 0 saturated carbocycles. The molecule has 2 aromatic rings. The standard InChI is InChI=1S/C26H30F3N4O4/c1-36-21-9-8-17(15-22(21)37-2)19(7-4-10-30)33-24(34)18-5-3-6-20(23(18)25(33)35)32-13-11-31(12-14-32)16-26(27,28)29/h3,5-6,8-9,15,19,30H,4,7,10-14,16H2,1-2H3/q-1. The maximum atomic E-state index is 13.8. The van der Waals surface area contributed by atoms with Gasteiger partial charge in [0.15, 0.2) is 11.5 Å². The van der Waals surface area contributed by atoms with Gasteiger partial charge in [-0.05, 0) is 36.2 Å². The number of nitrogens with zero attached hydrogens (tertiary/aromatic N) is 3. The number of methoxy groups -OCH3 is 2. The molecule has 1 saturated heterocycles. The second-order valence-corrected chi connectivity index (χ2v) is 9.08. The topological polar surface area (TPSA) is 86.1 Å². The molecule has 37 heavy (non-hydrogen) atoms. The van der Waals surface area contributed by atoms with Gasteiger partial charge in [-0.2, -0.15) is 19.7 Å². The highest BCUT2D eigenvalue weighted by atomic mass is 19.4. The summed E-state index contributed by atoms with van der Waals surface area (Å²) >= 11 is 0. The summed E-state index contributed by atoms with van der Waals surface area (Å²) in [5.74, 6) is 0.102. The molecule has 2 aliphatic heterocycles. The maximum absolute atomic E-state index is 13.8. The maximum Gasteiger partial charge on any atom is 0.401 e. The van der Waals surface area contributed by atoms with E-state index in [1.165, 1.54) is 24.0 Å². The van der Waals surface area contributed by atoms with Crippen LogP contribution in [0.4, 0.5) is 18.9 Å². The summed E-state index contributed by atoms with van der Waals surface area (Å²) in [4.78, 5) is 31.8. The molecular weight excluding hydrogens is 489 g/mol. The van der Waals surface area contributed by atoms with Crippen molar-refractivity contribution in [2.75, 3.05) is 58.4 Å². The summed E-state index contributed by atoms with van der Waals surface area (Å²) in [6.07, 6.45) is -3.40. The Kier molecular flexibility index (Phi) is 7.93. The van der Waals surface area contributed by atoms with E-state index in [-0.39, 0.29) is 30.8 Å². The Morgan fingerprint density at radius 3 is 2.30 bits per heavy atom. The molecule has 0 spiro atoms. The van der Waals surface area contributed by atoms with Gasteiger partial charge in [0.05, 0.1) is 43.6 Å². The molecule has 1 N–H and O–H groups in total. The van der Waals surface area contributed by atoms with Crippen LogP contribution in [0.5, 0.6) is 11.5 Å². The Morgan fingerprint density at radius 1 is 0.973 bits per heavy atom. The minimum Gasteiger partial charge on any atom is -0.677 e. The van der Waals surface area contributed by atoms with E-state index in [1.807, 2.05) is 4.90 Å². The fourth-order valence-corrected chi connectivity index (χ4v) is 5.03. The number of ether oxygens (including phenoxy) is 2. The van der Waals surface area contributed by atoms with Crippen molar-refractivity contribution in [2.45, 2.75) is 25.1 Å². The minimum atomic E-state index is -4.27. The molecule has 200 valence electrons. The fraction of sp³-hybridized carbons (Fsp3) is 0.462. The molecule has 8 nitrogen and oxygen atoms in total. The molecule has 2 amide bonds. The molecule has 2 aliphatic rings. The van der Waals surface area contributed by atoms with E-state index in [4.69, 9.17) is 15.2 Å². The zero-order valence-electron chi connectivity index (χ0n) is 20.8. The number of hydrogen-bond donors (Lipinski definition) is 0. The molecule has 1 fully saturated rings. The van der Waals surface area contributed by atoms with Crippen LogP contribution >= 0.6 is 0 Å². The number of anilines is 1. The fourth-order valence-electron chi connectivity index (χ4n) is 5.03. The van der Waals surface area contributed by atoms with Crippen molar-refractivity contribution >= 4 is 17.5 Å². The third-order valence-electron chi connectivity index (χ3n) is 6.80. The smallest absolute Gasteiger partial charge is 0.401 e. The number of carbonyl (C=O) groups is 2. The predicted molar refractivity (Wildman–Crippen MR) is 132 cm³/mol. The normalized spacial score (nSPS) is 17.2. The third kappa shape index (κ3) is 5.52. The molecule has 1 unspecified atom stereocenters. The number of nitrogens with one attached hydrogen (secondary N) is 1. The van der Waals surface area contributed by atoms with Gasteiger partial charge in [-0.25, -0.2) is 0 Å². The van der Waals surface area contributed by atoms with Crippen LogP contribution in [0.2, 0.25) is 0 Å². The first kappa shape index (κ1) is 26.7. The number of amides is 2. The number of imide groups is 1. The summed E-state index contributed by atoms with van der Waals surface area (Å²) in [6.45, 7) is 0.194. The Balaban J connectivity index is 1.63. The molecule has 2 heterocycles. The second kappa shape index (κ2) is 11.0. The van der Waals surface area contributed by atoms with E-state index in [2.05, 4.69) is 0 Å². The number of rotatable bonds is 9. The van der Waals surface area contributed by atoms with Crippen molar-refractivity contribution in [3.63, 3.8) is 0 Å². The molecular formula is C26H30F3N4O4-. The summed E-state index contributed by atoms with van der Waals surface area (Å²) in [6, 6.07) is 9.65. The molecule has 0 bridgehead atoms. The first-order chi connectivity index (χ1) is 17.7. The number of alkyl halides is 3. The van der Waals surface area contributed by atoms with Gasteiger partial charge < -0.3 is 20.1 Å². The third-order valence-corrected chi connectivity index (χ3v) is 6.80. The highest BCUT2D eigenvalue weighted by Gasteiger charge is 2.43. The van der Waals surface area contributed by atoms with Crippen LogP contribution in [0.15, 0.2) is 36.4 Å². The van der Waals surface area contributed by atoms with Crippen LogP contribution in [0.1, 0.15) is 45.2 Å². The quantitative estimate of drug-likeness (QED) is 0.452. The van der Waals surface area contributed by atoms with Gasteiger partial charge in [0.1, 0.15) is 0 Å². The van der Waals surface area contributed by atoms with Crippen LogP contribution in [-0.4, -0.2) is 81.3 Å². The highest BCUT2D eigenvalue weighted by Crippen LogP contribution is 2.40. The Hall–Kier alpha value is -3.31. The van der Waals surface area contributed by atoms with Gasteiger partial charge in [0.25, 0.3) is 11.8 Å². The number of hydrogen-bond acceptors (Lipinski definition) is 6. The van der Waals surface area contributed by atoms with Crippen molar-refractivity contribution in [3.8, 4) is 11.5 Å². The van der Waals surface area contributed by atoms with Crippen LogP contribution in [0, 0.1) is 0 Å². The lowest BCUT2D eigenvalue weighted by Gasteiger charge is -2.37. The van der Waals surface area contributed by atoms with E-state index in [1.54, 1.807) is 36.4 Å². The number of halogens is 3. The van der Waals surface area contributed by atoms with E-state index in [0.29, 0.717) is 48.7 Å². The SMILES string of the molecule is COc1ccc(C(CCC[NH-])N2C(=O)c3cccc(N4CCN(CC(F)(F)F)CC4)c3C2=O)cc1OC. The summed E-state index contributed by atoms with van der Waals surface area (Å²) in [7, 11) is 3.02. The van der Waals surface area contributed by atoms with E-state index >= 15 is 0 Å². The number of piperazine rings is 1. The molecule has 0 radical (unpaired) electrons. The lowest BCUT2D eigenvalue weighted by Crippen LogP contribution is -2.49. The Morgan fingerprint density at radius 2 is 1.68 bits per heavy atom. The van der Waals surface area contributed by atoms with Crippen molar-refractivity contribution in [3.05, 3.63) is 58.8 Å². The average molecular weight is 520 g/mol. The number of benzene rings is 2. The summed E-state index contributed by atoms with van der Waals surface area (Å²) < 4.78 is 49.1. The minimum absolute atomic E-state index is 0.139. The lowest BCUT2D eigenvalue weighted by atomic mass is 9.99. The zero-order valence-corrected chi connectivity index (χ0v) is 20.8. The van der Waals surface area contributed by atoms with E-state index in [9.17, 15) is 22.8 Å². The molecule has 11 heteroatoms. The largest absolute Gasteiger partial charge is 0.677 e. The van der Waals surface area contributed by atoms with Gasteiger partial charge >= 0.3 is 6.18 Å². The Bertz CT molecular complexity index is 1150. The first-order valence-corrected chi connectivity index (χ1v) is 12.1. The van der Waals surface area contributed by atoms with Crippen LogP contribution in [0.25, 0.3) is 5.73 Å². The molecule has 4 rings (SSSR count). The predicted octanol–water partition coefficient (Wildman–Crippen LogP) is 4.56. The highest BCUT2D eigenvalue weighted by molar-refractivity contribution is 6.24. The first-order valence-electron chi connectivity index (χ1n) is 12.1. The lowest BCUT2D eigenvalue weighted by molar-refractivity contribution is -0.146. The summed E-state index contributed by atoms with van der Waals surface area (Å²) in [5, 5.41) is 0. The summed E-state index contributed by atoms with van der Waals surface area (Å²) in [5.41, 5.74) is 9.41. The van der Waals surface area contributed by atoms with Crippen molar-refractivity contribution in [1.29, 1.82) is 0 Å².